The normalized spacial score (nSPS) is 9.24. The lowest BCUT2D eigenvalue weighted by Gasteiger charge is -2.09. The predicted molar refractivity (Wildman–Crippen MR) is 293 cm³/mol. The van der Waals surface area contributed by atoms with Gasteiger partial charge in [0.25, 0.3) is 6.57 Å². The molecule has 0 heterocycles. The zero-order chi connectivity index (χ0) is 40.8. The molecule has 0 saturated carbocycles. The molecule has 0 aromatic rings. The van der Waals surface area contributed by atoms with Crippen molar-refractivity contribution in [2.24, 2.45) is 0 Å². The second kappa shape index (κ2) is 142. The van der Waals surface area contributed by atoms with E-state index < -0.39 is 13.1 Å². The molecule has 0 rings (SSSR count). The average molecular weight is 1040 g/mol. The van der Waals surface area contributed by atoms with E-state index in [-0.39, 0.29) is 0 Å². The van der Waals surface area contributed by atoms with Gasteiger partial charge < -0.3 is 9.05 Å². The van der Waals surface area contributed by atoms with Crippen molar-refractivity contribution in [3.05, 3.63) is 11.2 Å². The molecular formula is C20H64O4P2S19. The van der Waals surface area contributed by atoms with Crippen LogP contribution >= 0.6 is 242 Å². The van der Waals surface area contributed by atoms with Gasteiger partial charge in [0, 0.05) is 5.82 Å². The Balaban J connectivity index is -0.0000000216. The third kappa shape index (κ3) is 137. The molecule has 0 aromatic carbocycles. The van der Waals surface area contributed by atoms with E-state index in [9.17, 15) is 9.13 Å². The van der Waals surface area contributed by atoms with Crippen molar-refractivity contribution in [1.82, 2.24) is 0 Å². The average Bonchev–Trinajstić information content (AvgIpc) is 3.18. The van der Waals surface area contributed by atoms with E-state index in [2.05, 4.69) is 207 Å². The topological polar surface area (TPSA) is 52.6 Å². The molecule has 0 aliphatic rings. The molecule has 4 nitrogen and oxygen atoms in total. The molecule has 0 N–H and O–H groups in total. The van der Waals surface area contributed by atoms with Gasteiger partial charge in [0.2, 0.25) is 0 Å². The minimum Gasteiger partial charge on any atom is -0.319 e. The van der Waals surface area contributed by atoms with Crippen LogP contribution in [0.2, 0.25) is 0 Å². The van der Waals surface area contributed by atoms with Crippen LogP contribution in [-0.4, -0.2) is 81.5 Å². The van der Waals surface area contributed by atoms with Crippen LogP contribution in [0.15, 0.2) is 11.2 Å². The highest BCUT2D eigenvalue weighted by atomic mass is 33.1. The van der Waals surface area contributed by atoms with Gasteiger partial charge >= 0.3 is 6.57 Å². The number of thiol groups is 16. The number of thioether (sulfide) groups is 1. The first-order valence-corrected chi connectivity index (χ1v) is 32.2. The van der Waals surface area contributed by atoms with Gasteiger partial charge in [-0.25, -0.2) is 0 Å². The Kier molecular flexibility index (Phi) is 295. The van der Waals surface area contributed by atoms with Crippen LogP contribution in [0, 0.1) is 12.1 Å². The summed E-state index contributed by atoms with van der Waals surface area (Å²) in [5, 5.41) is 1.85. The lowest BCUT2D eigenvalue weighted by atomic mass is 10.9. The zero-order valence-electron chi connectivity index (χ0n) is 28.3. The predicted octanol–water partition coefficient (Wildman–Crippen LogP) is 13.4. The SMILES string of the molecule is C#CP(=O)(OCC)SC.CCOP(=O)(C=CSCC)SC.CS.CS.CS.CS.CS.CS.CS.CS.SS.SS.SS.SS. The molecule has 0 aliphatic heterocycles. The summed E-state index contributed by atoms with van der Waals surface area (Å²) in [5.74, 6) is 2.67. The Morgan fingerprint density at radius 1 is 0.578 bits per heavy atom. The molecule has 0 aliphatic carbocycles. The fourth-order valence-electron chi connectivity index (χ4n) is 0.863. The minimum absolute atomic E-state index is 0.405. The minimum atomic E-state index is -2.74. The molecule has 25 heteroatoms. The molecule has 0 amide bonds. The summed E-state index contributed by atoms with van der Waals surface area (Å²) in [5.41, 5.74) is 2.13. The van der Waals surface area contributed by atoms with Crippen molar-refractivity contribution in [3.8, 4) is 12.1 Å². The van der Waals surface area contributed by atoms with Crippen molar-refractivity contribution in [2.45, 2.75) is 20.8 Å². The molecule has 2 atom stereocenters. The van der Waals surface area contributed by atoms with Crippen LogP contribution in [0.4, 0.5) is 0 Å². The fourth-order valence-corrected chi connectivity index (χ4v) is 5.69. The molecule has 0 aromatic heterocycles. The van der Waals surface area contributed by atoms with Crippen molar-refractivity contribution in [2.75, 3.05) is 81.5 Å². The Labute approximate surface area is 380 Å². The summed E-state index contributed by atoms with van der Waals surface area (Å²) in [6.45, 7) is 1.32. The van der Waals surface area contributed by atoms with E-state index in [1.807, 2.05) is 12.3 Å². The van der Waals surface area contributed by atoms with E-state index >= 15 is 0 Å². The maximum Gasteiger partial charge on any atom is 0.328 e. The lowest BCUT2D eigenvalue weighted by Crippen LogP contribution is -1.81. The fraction of sp³-hybridized carbons (Fsp3) is 0.800. The van der Waals surface area contributed by atoms with Gasteiger partial charge in [-0.15, -0.1) is 111 Å². The maximum absolute atomic E-state index is 11.7. The Morgan fingerprint density at radius 3 is 0.978 bits per heavy atom. The van der Waals surface area contributed by atoms with Crippen molar-refractivity contribution >= 4 is 242 Å². The molecule has 0 radical (unpaired) electrons. The highest BCUT2D eigenvalue weighted by Crippen LogP contribution is 2.59. The molecule has 292 valence electrons. The summed E-state index contributed by atoms with van der Waals surface area (Å²) in [6, 6.07) is 0. The lowest BCUT2D eigenvalue weighted by molar-refractivity contribution is 0.352. The summed E-state index contributed by atoms with van der Waals surface area (Å²) in [7, 11) is 0. The first-order chi connectivity index (χ1) is 21.9. The third-order valence-electron chi connectivity index (χ3n) is 1.77. The van der Waals surface area contributed by atoms with Crippen molar-refractivity contribution in [1.29, 1.82) is 0 Å². The smallest absolute Gasteiger partial charge is 0.319 e. The van der Waals surface area contributed by atoms with Crippen LogP contribution < -0.4 is 0 Å². The highest BCUT2D eigenvalue weighted by Gasteiger charge is 2.16. The van der Waals surface area contributed by atoms with Crippen LogP contribution in [0.1, 0.15) is 20.8 Å². The summed E-state index contributed by atoms with van der Waals surface area (Å²) < 4.78 is 32.7. The summed E-state index contributed by atoms with van der Waals surface area (Å²) in [4.78, 5) is 0. The van der Waals surface area contributed by atoms with Gasteiger partial charge in [-0.1, -0.05) is 29.7 Å². The number of terminal acetylenes is 1. The van der Waals surface area contributed by atoms with E-state index in [0.717, 1.165) is 17.1 Å². The van der Waals surface area contributed by atoms with Gasteiger partial charge in [0.05, 0.1) is 13.2 Å². The standard InChI is InChI=1S/C7H15O2PS2.C5H9O2PS.8CH4S.4H2S2/c1-4-9-10(8,11-3)6-7-12-5-2;1-4-7-8(6,5-2)9-3;12*1-2/h6-7H,4-5H2,1-3H3;2H,4H2,1,3H3;8*2H,1H3;4*1-2H. The van der Waals surface area contributed by atoms with Crippen molar-refractivity contribution in [3.63, 3.8) is 0 Å². The second-order valence-corrected chi connectivity index (χ2v) is 13.3. The second-order valence-electron chi connectivity index (χ2n) is 3.11. The monoisotopic (exact) mass is 1040 g/mol. The van der Waals surface area contributed by atoms with E-state index in [0.29, 0.717) is 13.2 Å². The number of hydrogen-bond donors (Lipinski definition) is 16. The van der Waals surface area contributed by atoms with Gasteiger partial charge in [-0.05, 0) is 93.2 Å². The summed E-state index contributed by atoms with van der Waals surface area (Å²) >= 11 is 58.0. The largest absolute Gasteiger partial charge is 0.328 e. The van der Waals surface area contributed by atoms with Crippen molar-refractivity contribution < 1.29 is 18.2 Å². The maximum atomic E-state index is 11.7. The van der Waals surface area contributed by atoms with Gasteiger partial charge in [0.15, 0.2) is 0 Å². The van der Waals surface area contributed by atoms with Gasteiger partial charge in [-0.2, -0.15) is 101 Å². The van der Waals surface area contributed by atoms with Crippen LogP contribution in [-0.2, 0) is 18.2 Å². The van der Waals surface area contributed by atoms with E-state index in [1.165, 1.54) is 11.4 Å². The van der Waals surface area contributed by atoms with Gasteiger partial charge in [-0.3, -0.25) is 9.13 Å². The number of hydrogen-bond acceptors (Lipinski definition) is 23. The Hall–Kier alpha value is 6.33. The highest BCUT2D eigenvalue weighted by molar-refractivity contribution is 8.60. The van der Waals surface area contributed by atoms with E-state index in [4.69, 9.17) is 15.5 Å². The molecule has 0 saturated heterocycles. The molecule has 0 spiro atoms. The Morgan fingerprint density at radius 2 is 0.844 bits per heavy atom. The third-order valence-corrected chi connectivity index (χ3v) is 9.95. The number of rotatable bonds is 9. The van der Waals surface area contributed by atoms with Gasteiger partial charge in [0.1, 0.15) is 0 Å². The Bertz CT molecular complexity index is 457. The molecule has 0 bridgehead atoms. The molecule has 45 heavy (non-hydrogen) atoms. The summed E-state index contributed by atoms with van der Waals surface area (Å²) in [6.07, 6.45) is 22.0. The first kappa shape index (κ1) is 93.3. The molecule has 0 fully saturated rings. The molecule has 2 unspecified atom stereocenters. The first-order valence-electron chi connectivity index (χ1n) is 10.6. The van der Waals surface area contributed by atoms with Crippen LogP contribution in [0.5, 0.6) is 0 Å². The quantitative estimate of drug-likeness (QED) is 0.0486. The van der Waals surface area contributed by atoms with Crippen LogP contribution in [0.25, 0.3) is 0 Å². The molecular weight excluding hydrogens is 975 g/mol. The zero-order valence-corrected chi connectivity index (χ0v) is 46.8. The van der Waals surface area contributed by atoms with Crippen LogP contribution in [0.3, 0.4) is 0 Å². The van der Waals surface area contributed by atoms with E-state index in [1.54, 1.807) is 87.1 Å².